The monoisotopic (exact) mass is 256 g/mol. The van der Waals surface area contributed by atoms with Crippen molar-refractivity contribution in [1.29, 1.82) is 0 Å². The molecule has 0 spiro atoms. The van der Waals surface area contributed by atoms with Crippen molar-refractivity contribution in [3.63, 3.8) is 0 Å². The van der Waals surface area contributed by atoms with Crippen molar-refractivity contribution in [2.24, 2.45) is 11.3 Å². The molecule has 1 rings (SSSR count). The van der Waals surface area contributed by atoms with E-state index in [-0.39, 0.29) is 24.3 Å². The maximum Gasteiger partial charge on any atom is 0.326 e. The van der Waals surface area contributed by atoms with Gasteiger partial charge in [-0.25, -0.2) is 4.79 Å². The van der Waals surface area contributed by atoms with Crippen LogP contribution in [0.4, 0.5) is 0 Å². The van der Waals surface area contributed by atoms with Crippen LogP contribution in [-0.4, -0.2) is 35.5 Å². The van der Waals surface area contributed by atoms with Crippen molar-refractivity contribution in [2.45, 2.75) is 39.7 Å². The number of hydrogen-bond acceptors (Lipinski definition) is 3. The standard InChI is InChI=1S/C12H20N2O4/c1-12(2,3)9(11(17)18)14-10(16)7-4-5-8(15)13-6-7/h7,9H,4-6H2,1-3H3,(H,13,15)(H,14,16)(H,17,18). The first kappa shape index (κ1) is 14.5. The molecule has 6 nitrogen and oxygen atoms in total. The summed E-state index contributed by atoms with van der Waals surface area (Å²) < 4.78 is 0. The molecule has 0 aromatic carbocycles. The average Bonchev–Trinajstić information content (AvgIpc) is 2.24. The molecule has 0 saturated carbocycles. The molecule has 1 aliphatic rings. The SMILES string of the molecule is CC(C)(C)C(NC(=O)C1CCC(=O)NC1)C(=O)O. The van der Waals surface area contributed by atoms with Gasteiger partial charge < -0.3 is 15.7 Å². The van der Waals surface area contributed by atoms with Crippen molar-refractivity contribution in [3.05, 3.63) is 0 Å². The normalized spacial score (nSPS) is 21.9. The molecule has 1 aliphatic heterocycles. The van der Waals surface area contributed by atoms with E-state index < -0.39 is 17.4 Å². The zero-order valence-corrected chi connectivity index (χ0v) is 10.9. The topological polar surface area (TPSA) is 95.5 Å². The molecule has 102 valence electrons. The first-order chi connectivity index (χ1) is 8.21. The summed E-state index contributed by atoms with van der Waals surface area (Å²) in [6.45, 7) is 5.55. The number of carboxylic acid groups (broad SMARTS) is 1. The minimum Gasteiger partial charge on any atom is -0.480 e. The van der Waals surface area contributed by atoms with Crippen molar-refractivity contribution >= 4 is 17.8 Å². The largest absolute Gasteiger partial charge is 0.480 e. The molecule has 0 aromatic rings. The molecule has 0 aliphatic carbocycles. The summed E-state index contributed by atoms with van der Waals surface area (Å²) in [5.41, 5.74) is -0.556. The number of piperidine rings is 1. The molecule has 2 amide bonds. The van der Waals surface area contributed by atoms with Gasteiger partial charge >= 0.3 is 5.97 Å². The smallest absolute Gasteiger partial charge is 0.326 e. The number of rotatable bonds is 3. The highest BCUT2D eigenvalue weighted by Crippen LogP contribution is 2.20. The lowest BCUT2D eigenvalue weighted by molar-refractivity contribution is -0.146. The molecular formula is C12H20N2O4. The Bertz CT molecular complexity index is 350. The van der Waals surface area contributed by atoms with Crippen LogP contribution in [0.15, 0.2) is 0 Å². The van der Waals surface area contributed by atoms with E-state index in [1.165, 1.54) is 0 Å². The minimum atomic E-state index is -1.05. The Morgan fingerprint density at radius 1 is 1.44 bits per heavy atom. The van der Waals surface area contributed by atoms with E-state index in [0.717, 1.165) is 0 Å². The molecule has 1 saturated heterocycles. The Morgan fingerprint density at radius 2 is 2.06 bits per heavy atom. The molecule has 1 heterocycles. The molecule has 6 heteroatoms. The Kier molecular flexibility index (Phi) is 4.32. The molecule has 0 bridgehead atoms. The van der Waals surface area contributed by atoms with Crippen LogP contribution >= 0.6 is 0 Å². The lowest BCUT2D eigenvalue weighted by atomic mass is 9.86. The number of nitrogens with one attached hydrogen (secondary N) is 2. The predicted octanol–water partition coefficient (Wildman–Crippen LogP) is 0.128. The number of carbonyl (C=O) groups excluding carboxylic acids is 2. The second-order valence-corrected chi connectivity index (χ2v) is 5.69. The molecule has 2 unspecified atom stereocenters. The van der Waals surface area contributed by atoms with Crippen LogP contribution in [0.1, 0.15) is 33.6 Å². The Balaban J connectivity index is 2.62. The summed E-state index contributed by atoms with van der Waals surface area (Å²) in [4.78, 5) is 34.1. The van der Waals surface area contributed by atoms with Gasteiger partial charge in [-0.3, -0.25) is 9.59 Å². The minimum absolute atomic E-state index is 0.0651. The molecule has 0 radical (unpaired) electrons. The molecule has 3 N–H and O–H groups in total. The van der Waals surface area contributed by atoms with E-state index >= 15 is 0 Å². The predicted molar refractivity (Wildman–Crippen MR) is 64.8 cm³/mol. The Hall–Kier alpha value is -1.59. The van der Waals surface area contributed by atoms with Crippen LogP contribution in [0.3, 0.4) is 0 Å². The van der Waals surface area contributed by atoms with Crippen LogP contribution in [0.25, 0.3) is 0 Å². The van der Waals surface area contributed by atoms with Gasteiger partial charge in [0.05, 0.1) is 5.92 Å². The van der Waals surface area contributed by atoms with E-state index in [2.05, 4.69) is 10.6 Å². The van der Waals surface area contributed by atoms with Crippen LogP contribution in [0.2, 0.25) is 0 Å². The Morgan fingerprint density at radius 3 is 2.44 bits per heavy atom. The molecular weight excluding hydrogens is 236 g/mol. The summed E-state index contributed by atoms with van der Waals surface area (Å²) in [6, 6.07) is -0.928. The van der Waals surface area contributed by atoms with Gasteiger partial charge in [0, 0.05) is 13.0 Å². The number of aliphatic carboxylic acids is 1. The van der Waals surface area contributed by atoms with Crippen LogP contribution in [0.5, 0.6) is 0 Å². The summed E-state index contributed by atoms with van der Waals surface area (Å²) >= 11 is 0. The molecule has 18 heavy (non-hydrogen) atoms. The lowest BCUT2D eigenvalue weighted by Crippen LogP contribution is -2.53. The van der Waals surface area contributed by atoms with Gasteiger partial charge in [-0.15, -0.1) is 0 Å². The van der Waals surface area contributed by atoms with E-state index in [9.17, 15) is 14.4 Å². The fraction of sp³-hybridized carbons (Fsp3) is 0.750. The third-order valence-corrected chi connectivity index (χ3v) is 3.04. The van der Waals surface area contributed by atoms with Crippen LogP contribution in [-0.2, 0) is 14.4 Å². The van der Waals surface area contributed by atoms with Crippen molar-refractivity contribution in [3.8, 4) is 0 Å². The summed E-state index contributed by atoms with van der Waals surface area (Å²) in [5.74, 6) is -1.76. The number of carbonyl (C=O) groups is 3. The van der Waals surface area contributed by atoms with E-state index in [1.54, 1.807) is 20.8 Å². The zero-order chi connectivity index (χ0) is 13.9. The third-order valence-electron chi connectivity index (χ3n) is 3.04. The fourth-order valence-corrected chi connectivity index (χ4v) is 1.87. The van der Waals surface area contributed by atoms with Crippen molar-refractivity contribution < 1.29 is 19.5 Å². The fourth-order valence-electron chi connectivity index (χ4n) is 1.87. The highest BCUT2D eigenvalue weighted by Gasteiger charge is 2.35. The van der Waals surface area contributed by atoms with Crippen LogP contribution < -0.4 is 10.6 Å². The lowest BCUT2D eigenvalue weighted by Gasteiger charge is -2.30. The zero-order valence-electron chi connectivity index (χ0n) is 10.9. The number of amides is 2. The highest BCUT2D eigenvalue weighted by molar-refractivity contribution is 5.87. The van der Waals surface area contributed by atoms with E-state index in [1.807, 2.05) is 0 Å². The molecule has 0 aromatic heterocycles. The van der Waals surface area contributed by atoms with Gasteiger partial charge in [-0.2, -0.15) is 0 Å². The highest BCUT2D eigenvalue weighted by atomic mass is 16.4. The van der Waals surface area contributed by atoms with Crippen molar-refractivity contribution in [1.82, 2.24) is 10.6 Å². The first-order valence-electron chi connectivity index (χ1n) is 6.01. The van der Waals surface area contributed by atoms with Gasteiger partial charge in [0.15, 0.2) is 0 Å². The summed E-state index contributed by atoms with van der Waals surface area (Å²) in [5, 5.41) is 14.3. The summed E-state index contributed by atoms with van der Waals surface area (Å²) in [6.07, 6.45) is 0.777. The van der Waals surface area contributed by atoms with Crippen molar-refractivity contribution in [2.75, 3.05) is 6.54 Å². The molecule has 2 atom stereocenters. The first-order valence-corrected chi connectivity index (χ1v) is 6.01. The van der Waals surface area contributed by atoms with Gasteiger partial charge in [0.25, 0.3) is 0 Å². The van der Waals surface area contributed by atoms with Gasteiger partial charge in [-0.1, -0.05) is 20.8 Å². The maximum absolute atomic E-state index is 11.9. The maximum atomic E-state index is 11.9. The number of hydrogen-bond donors (Lipinski definition) is 3. The summed E-state index contributed by atoms with van der Waals surface area (Å²) in [7, 11) is 0. The number of carboxylic acids is 1. The quantitative estimate of drug-likeness (QED) is 0.668. The molecule has 1 fully saturated rings. The van der Waals surface area contributed by atoms with E-state index in [4.69, 9.17) is 5.11 Å². The third kappa shape index (κ3) is 3.72. The van der Waals surface area contributed by atoms with Crippen LogP contribution in [0, 0.1) is 11.3 Å². The van der Waals surface area contributed by atoms with Gasteiger partial charge in [0.2, 0.25) is 11.8 Å². The van der Waals surface area contributed by atoms with Gasteiger partial charge in [0.1, 0.15) is 6.04 Å². The second kappa shape index (κ2) is 5.37. The second-order valence-electron chi connectivity index (χ2n) is 5.69. The Labute approximate surface area is 106 Å². The van der Waals surface area contributed by atoms with Gasteiger partial charge in [-0.05, 0) is 11.8 Å². The average molecular weight is 256 g/mol. The van der Waals surface area contributed by atoms with E-state index in [0.29, 0.717) is 12.8 Å².